The van der Waals surface area contributed by atoms with Gasteiger partial charge in [-0.05, 0) is 24.1 Å². The molecule has 0 saturated carbocycles. The summed E-state index contributed by atoms with van der Waals surface area (Å²) in [5, 5.41) is 10.4. The predicted molar refractivity (Wildman–Crippen MR) is 100.0 cm³/mol. The topological polar surface area (TPSA) is 64.1 Å². The van der Waals surface area contributed by atoms with E-state index in [1.54, 1.807) is 19.1 Å². The Balaban J connectivity index is 1.68. The molecule has 0 bridgehead atoms. The van der Waals surface area contributed by atoms with Crippen molar-refractivity contribution in [2.75, 3.05) is 39.3 Å². The van der Waals surface area contributed by atoms with Crippen molar-refractivity contribution >= 4 is 23.4 Å². The first-order valence-electron chi connectivity index (χ1n) is 9.12. The average molecular weight is 380 g/mol. The van der Waals surface area contributed by atoms with Crippen molar-refractivity contribution < 1.29 is 14.7 Å². The highest BCUT2D eigenvalue weighted by Crippen LogP contribution is 2.18. The van der Waals surface area contributed by atoms with Gasteiger partial charge in [0.15, 0.2) is 0 Å². The molecule has 2 unspecified atom stereocenters. The van der Waals surface area contributed by atoms with Gasteiger partial charge < -0.3 is 14.9 Å². The van der Waals surface area contributed by atoms with Gasteiger partial charge >= 0.3 is 0 Å². The zero-order valence-corrected chi connectivity index (χ0v) is 15.9. The smallest absolute Gasteiger partial charge is 0.227 e. The van der Waals surface area contributed by atoms with Crippen LogP contribution in [0.2, 0.25) is 5.02 Å². The van der Waals surface area contributed by atoms with Crippen molar-refractivity contribution in [3.8, 4) is 0 Å². The van der Waals surface area contributed by atoms with E-state index in [0.717, 1.165) is 18.5 Å². The number of hydrogen-bond acceptors (Lipinski definition) is 4. The molecule has 1 aromatic carbocycles. The van der Waals surface area contributed by atoms with Gasteiger partial charge in [0.2, 0.25) is 11.8 Å². The van der Waals surface area contributed by atoms with Gasteiger partial charge in [0.25, 0.3) is 0 Å². The fourth-order valence-electron chi connectivity index (χ4n) is 3.78. The fraction of sp³-hybridized carbons (Fsp3) is 0.579. The van der Waals surface area contributed by atoms with E-state index in [0.29, 0.717) is 44.2 Å². The lowest BCUT2D eigenvalue weighted by atomic mass is 10.1. The molecule has 2 saturated heterocycles. The van der Waals surface area contributed by atoms with Gasteiger partial charge in [0.1, 0.15) is 0 Å². The number of aliphatic hydroxyl groups excluding tert-OH is 1. The van der Waals surface area contributed by atoms with Gasteiger partial charge in [-0.2, -0.15) is 0 Å². The minimum Gasteiger partial charge on any atom is -0.392 e. The van der Waals surface area contributed by atoms with Crippen molar-refractivity contribution in [2.24, 2.45) is 0 Å². The Kier molecular flexibility index (Phi) is 6.16. The molecular weight excluding hydrogens is 354 g/mol. The number of piperazine rings is 1. The van der Waals surface area contributed by atoms with Crippen molar-refractivity contribution in [3.63, 3.8) is 0 Å². The van der Waals surface area contributed by atoms with Gasteiger partial charge in [0.05, 0.1) is 18.6 Å². The highest BCUT2D eigenvalue weighted by Gasteiger charge is 2.34. The van der Waals surface area contributed by atoms with E-state index in [4.69, 9.17) is 11.6 Å². The molecule has 0 spiro atoms. The average Bonchev–Trinajstić information content (AvgIpc) is 3.01. The molecule has 0 aliphatic carbocycles. The first-order chi connectivity index (χ1) is 12.4. The third kappa shape index (κ3) is 4.75. The molecule has 2 amide bonds. The molecule has 2 fully saturated rings. The van der Waals surface area contributed by atoms with Crippen LogP contribution in [0.3, 0.4) is 0 Å². The highest BCUT2D eigenvalue weighted by atomic mass is 35.5. The van der Waals surface area contributed by atoms with Crippen molar-refractivity contribution in [3.05, 3.63) is 34.9 Å². The molecule has 142 valence electrons. The van der Waals surface area contributed by atoms with Crippen LogP contribution in [0, 0.1) is 0 Å². The number of likely N-dealkylation sites (tertiary alicyclic amines) is 1. The molecule has 26 heavy (non-hydrogen) atoms. The van der Waals surface area contributed by atoms with Gasteiger partial charge in [-0.3, -0.25) is 14.5 Å². The molecule has 1 aromatic rings. The second-order valence-corrected chi connectivity index (χ2v) is 7.65. The monoisotopic (exact) mass is 379 g/mol. The number of benzene rings is 1. The predicted octanol–water partition coefficient (Wildman–Crippen LogP) is 1.01. The van der Waals surface area contributed by atoms with E-state index >= 15 is 0 Å². The molecule has 7 heteroatoms. The number of rotatable bonds is 4. The van der Waals surface area contributed by atoms with Crippen LogP contribution in [0.15, 0.2) is 24.3 Å². The van der Waals surface area contributed by atoms with E-state index in [-0.39, 0.29) is 24.0 Å². The molecule has 0 aromatic heterocycles. The Labute approximate surface area is 159 Å². The molecule has 2 aliphatic heterocycles. The number of aliphatic hydroxyl groups is 1. The molecule has 3 rings (SSSR count). The molecule has 0 radical (unpaired) electrons. The molecule has 2 atom stereocenters. The molecular formula is C19H26ClN3O3. The van der Waals surface area contributed by atoms with Crippen LogP contribution < -0.4 is 0 Å². The van der Waals surface area contributed by atoms with E-state index in [1.165, 1.54) is 0 Å². The summed E-state index contributed by atoms with van der Waals surface area (Å²) in [6, 6.07) is 7.29. The first-order valence-corrected chi connectivity index (χ1v) is 9.50. The number of amides is 2. The van der Waals surface area contributed by atoms with E-state index in [9.17, 15) is 14.7 Å². The van der Waals surface area contributed by atoms with Gasteiger partial charge in [-0.15, -0.1) is 0 Å². The quantitative estimate of drug-likeness (QED) is 0.848. The summed E-state index contributed by atoms with van der Waals surface area (Å²) >= 11 is 5.91. The maximum Gasteiger partial charge on any atom is 0.227 e. The van der Waals surface area contributed by atoms with Crippen molar-refractivity contribution in [2.45, 2.75) is 31.9 Å². The van der Waals surface area contributed by atoms with Gasteiger partial charge in [-0.1, -0.05) is 23.7 Å². The van der Waals surface area contributed by atoms with E-state index < -0.39 is 0 Å². The normalized spacial score (nSPS) is 24.1. The van der Waals surface area contributed by atoms with Gasteiger partial charge in [0, 0.05) is 51.2 Å². The van der Waals surface area contributed by atoms with Crippen LogP contribution >= 0.6 is 11.6 Å². The Hall–Kier alpha value is -1.63. The van der Waals surface area contributed by atoms with Crippen LogP contribution in [-0.4, -0.2) is 83.0 Å². The van der Waals surface area contributed by atoms with E-state index in [2.05, 4.69) is 4.90 Å². The summed E-state index contributed by atoms with van der Waals surface area (Å²) < 4.78 is 0. The Bertz CT molecular complexity index is 652. The summed E-state index contributed by atoms with van der Waals surface area (Å²) in [7, 11) is 0. The zero-order chi connectivity index (χ0) is 18.7. The molecule has 2 aliphatic rings. The molecule has 1 N–H and O–H groups in total. The minimum atomic E-state index is -0.291. The third-order valence-electron chi connectivity index (χ3n) is 5.23. The summed E-state index contributed by atoms with van der Waals surface area (Å²) in [5.41, 5.74) is 0.934. The summed E-state index contributed by atoms with van der Waals surface area (Å²) in [4.78, 5) is 30.6. The van der Waals surface area contributed by atoms with Crippen LogP contribution in [0.1, 0.15) is 18.9 Å². The van der Waals surface area contributed by atoms with Crippen LogP contribution in [0.25, 0.3) is 0 Å². The third-order valence-corrected chi connectivity index (χ3v) is 5.49. The number of hydrogen-bond donors (Lipinski definition) is 1. The largest absolute Gasteiger partial charge is 0.392 e. The number of carbonyl (C=O) groups is 2. The van der Waals surface area contributed by atoms with Crippen LogP contribution in [0.5, 0.6) is 0 Å². The standard InChI is InChI=1S/C19H26ClN3O3/c1-14(24)22-8-9-23(17(12-22)11-21-7-6-18(25)13-21)19(26)10-15-2-4-16(20)5-3-15/h2-5,17-18,25H,6-13H2,1H3. The number of nitrogens with zero attached hydrogens (tertiary/aromatic N) is 3. The lowest BCUT2D eigenvalue weighted by Gasteiger charge is -2.42. The molecule has 2 heterocycles. The van der Waals surface area contributed by atoms with Crippen molar-refractivity contribution in [1.29, 1.82) is 0 Å². The summed E-state index contributed by atoms with van der Waals surface area (Å²) in [6.45, 7) is 5.39. The van der Waals surface area contributed by atoms with Crippen molar-refractivity contribution in [1.82, 2.24) is 14.7 Å². The highest BCUT2D eigenvalue weighted by molar-refractivity contribution is 6.30. The first kappa shape index (κ1) is 19.1. The Morgan fingerprint density at radius 1 is 1.15 bits per heavy atom. The Morgan fingerprint density at radius 2 is 1.88 bits per heavy atom. The minimum absolute atomic E-state index is 0.0428. The fourth-order valence-corrected chi connectivity index (χ4v) is 3.91. The van der Waals surface area contributed by atoms with E-state index in [1.807, 2.05) is 21.9 Å². The number of β-amino-alcohol motifs (C(OH)–C–C–N with tert-alkyl or cyclic N) is 1. The van der Waals surface area contributed by atoms with Crippen LogP contribution in [0.4, 0.5) is 0 Å². The summed E-state index contributed by atoms with van der Waals surface area (Å²) in [6.07, 6.45) is 0.804. The number of carbonyl (C=O) groups excluding carboxylic acids is 2. The van der Waals surface area contributed by atoms with Crippen LogP contribution in [-0.2, 0) is 16.0 Å². The maximum atomic E-state index is 12.9. The Morgan fingerprint density at radius 3 is 2.50 bits per heavy atom. The van der Waals surface area contributed by atoms with Gasteiger partial charge in [-0.25, -0.2) is 0 Å². The number of halogens is 1. The second kappa shape index (κ2) is 8.37. The lowest BCUT2D eigenvalue weighted by molar-refractivity contribution is -0.142. The summed E-state index contributed by atoms with van der Waals surface area (Å²) in [5.74, 6) is 0.113. The second-order valence-electron chi connectivity index (χ2n) is 7.21. The maximum absolute atomic E-state index is 12.9. The zero-order valence-electron chi connectivity index (χ0n) is 15.1. The lowest BCUT2D eigenvalue weighted by Crippen LogP contribution is -2.59. The SMILES string of the molecule is CC(=O)N1CCN(C(=O)Cc2ccc(Cl)cc2)C(CN2CCC(O)C2)C1. The molecule has 6 nitrogen and oxygen atoms in total.